The highest BCUT2D eigenvalue weighted by Crippen LogP contribution is 2.32. The number of aromatic nitrogens is 3. The van der Waals surface area contributed by atoms with Crippen molar-refractivity contribution in [2.75, 3.05) is 24.2 Å². The lowest BCUT2D eigenvalue weighted by Crippen LogP contribution is -2.30. The zero-order valence-corrected chi connectivity index (χ0v) is 20.0. The molecule has 1 saturated carbocycles. The van der Waals surface area contributed by atoms with E-state index in [2.05, 4.69) is 20.1 Å². The molecule has 1 fully saturated rings. The second-order valence-electron chi connectivity index (χ2n) is 7.65. The summed E-state index contributed by atoms with van der Waals surface area (Å²) in [5.74, 6) is 0.847. The number of nitrogens with one attached hydrogen (secondary N) is 1. The van der Waals surface area contributed by atoms with Crippen molar-refractivity contribution in [3.8, 4) is 0 Å². The molecule has 1 amide bonds. The van der Waals surface area contributed by atoms with E-state index in [1.165, 1.54) is 41.4 Å². The van der Waals surface area contributed by atoms with Crippen LogP contribution in [0.15, 0.2) is 34.3 Å². The van der Waals surface area contributed by atoms with Crippen LogP contribution in [0.3, 0.4) is 0 Å². The molecule has 0 saturated heterocycles. The fraction of sp³-hybridized carbons (Fsp3) is 0.571. The van der Waals surface area contributed by atoms with Crippen molar-refractivity contribution in [3.63, 3.8) is 0 Å². The number of rotatable bonds is 9. The van der Waals surface area contributed by atoms with Crippen LogP contribution in [0.4, 0.5) is 5.69 Å². The molecule has 0 spiro atoms. The van der Waals surface area contributed by atoms with Crippen LogP contribution in [0.25, 0.3) is 0 Å². The number of aryl methyl sites for hydroxylation is 1. The summed E-state index contributed by atoms with van der Waals surface area (Å²) in [6.45, 7) is 6.35. The Morgan fingerprint density at radius 2 is 1.90 bits per heavy atom. The molecule has 0 unspecified atom stereocenters. The van der Waals surface area contributed by atoms with Gasteiger partial charge in [0.2, 0.25) is 15.9 Å². The molecule has 8 nitrogen and oxygen atoms in total. The Hall–Kier alpha value is -1.91. The van der Waals surface area contributed by atoms with Crippen LogP contribution in [0, 0.1) is 6.92 Å². The minimum Gasteiger partial charge on any atom is -0.325 e. The van der Waals surface area contributed by atoms with Gasteiger partial charge in [-0.25, -0.2) is 8.42 Å². The van der Waals surface area contributed by atoms with Crippen LogP contribution in [-0.2, 0) is 14.8 Å². The molecule has 1 aliphatic carbocycles. The van der Waals surface area contributed by atoms with Crippen LogP contribution in [0.5, 0.6) is 0 Å². The van der Waals surface area contributed by atoms with Crippen LogP contribution in [0.1, 0.15) is 57.8 Å². The third kappa shape index (κ3) is 5.67. The zero-order valence-electron chi connectivity index (χ0n) is 18.4. The van der Waals surface area contributed by atoms with Gasteiger partial charge in [0.25, 0.3) is 0 Å². The van der Waals surface area contributed by atoms with Crippen molar-refractivity contribution < 1.29 is 13.2 Å². The summed E-state index contributed by atoms with van der Waals surface area (Å²) in [4.78, 5) is 12.7. The second kappa shape index (κ2) is 10.6. The number of anilines is 1. The van der Waals surface area contributed by atoms with Gasteiger partial charge in [0.1, 0.15) is 5.82 Å². The molecule has 0 radical (unpaired) electrons. The number of nitrogens with zero attached hydrogens (tertiary/aromatic N) is 4. The first-order chi connectivity index (χ1) is 14.9. The van der Waals surface area contributed by atoms with Crippen LogP contribution in [-0.4, -0.2) is 52.2 Å². The Kier molecular flexibility index (Phi) is 8.12. The molecule has 3 rings (SSSR count). The Morgan fingerprint density at radius 1 is 1.19 bits per heavy atom. The smallest absolute Gasteiger partial charge is 0.243 e. The molecule has 1 aromatic carbocycles. The van der Waals surface area contributed by atoms with E-state index in [1.54, 1.807) is 32.0 Å². The average Bonchev–Trinajstić information content (AvgIpc) is 3.14. The van der Waals surface area contributed by atoms with Gasteiger partial charge in [0, 0.05) is 24.8 Å². The highest BCUT2D eigenvalue weighted by atomic mass is 32.2. The molecular formula is C21H31N5O3S2. The summed E-state index contributed by atoms with van der Waals surface area (Å²) in [6, 6.07) is 6.79. The molecule has 31 heavy (non-hydrogen) atoms. The normalized spacial score (nSPS) is 15.4. The Morgan fingerprint density at radius 3 is 2.58 bits per heavy atom. The third-order valence-electron chi connectivity index (χ3n) is 5.57. The first kappa shape index (κ1) is 23.7. The van der Waals surface area contributed by atoms with E-state index in [1.807, 2.05) is 6.92 Å². The van der Waals surface area contributed by atoms with Crippen LogP contribution in [0.2, 0.25) is 0 Å². The lowest BCUT2D eigenvalue weighted by molar-refractivity contribution is -0.113. The minimum absolute atomic E-state index is 0.175. The lowest BCUT2D eigenvalue weighted by atomic mass is 9.95. The molecule has 0 atom stereocenters. The summed E-state index contributed by atoms with van der Waals surface area (Å²) in [5.41, 5.74) is 0.462. The summed E-state index contributed by atoms with van der Waals surface area (Å²) in [7, 11) is -3.57. The molecule has 10 heteroatoms. The highest BCUT2D eigenvalue weighted by molar-refractivity contribution is 7.99. The maximum absolute atomic E-state index is 12.7. The van der Waals surface area contributed by atoms with E-state index in [0.29, 0.717) is 24.8 Å². The Bertz CT molecular complexity index is 996. The van der Waals surface area contributed by atoms with Gasteiger partial charge in [-0.1, -0.05) is 50.9 Å². The molecule has 1 heterocycles. The maximum atomic E-state index is 12.7. The maximum Gasteiger partial charge on any atom is 0.243 e. The first-order valence-corrected chi connectivity index (χ1v) is 13.2. The molecule has 1 aliphatic rings. The quantitative estimate of drug-likeness (QED) is 0.565. The summed E-state index contributed by atoms with van der Waals surface area (Å²) >= 11 is 1.36. The highest BCUT2D eigenvalue weighted by Gasteiger charge is 2.23. The average molecular weight is 466 g/mol. The largest absolute Gasteiger partial charge is 0.325 e. The molecule has 2 aromatic rings. The number of carbonyl (C=O) groups excluding carboxylic acids is 1. The van der Waals surface area contributed by atoms with Crippen LogP contribution < -0.4 is 5.32 Å². The topological polar surface area (TPSA) is 97.2 Å². The number of hydrogen-bond donors (Lipinski definition) is 1. The van der Waals surface area contributed by atoms with E-state index < -0.39 is 10.0 Å². The molecule has 0 aliphatic heterocycles. The number of hydrogen-bond acceptors (Lipinski definition) is 6. The van der Waals surface area contributed by atoms with Gasteiger partial charge in [-0.3, -0.25) is 4.79 Å². The number of benzene rings is 1. The van der Waals surface area contributed by atoms with E-state index in [4.69, 9.17) is 0 Å². The van der Waals surface area contributed by atoms with Gasteiger partial charge in [-0.05, 0) is 38.0 Å². The summed E-state index contributed by atoms with van der Waals surface area (Å²) in [5, 5.41) is 12.0. The standard InChI is InChI=1S/C21H31N5O3S2/c1-4-25(5-2)31(28,29)19-13-9-10-17(14-19)22-20(27)15-30-21-24-23-16(3)26(21)18-11-7-6-8-12-18/h9-10,13-14,18H,4-8,11-12,15H2,1-3H3,(H,22,27). The van der Waals surface area contributed by atoms with Crippen molar-refractivity contribution in [2.45, 2.75) is 69.0 Å². The first-order valence-electron chi connectivity index (χ1n) is 10.8. The summed E-state index contributed by atoms with van der Waals surface area (Å²) < 4.78 is 29.0. The van der Waals surface area contributed by atoms with Gasteiger partial charge in [-0.15, -0.1) is 10.2 Å². The van der Waals surface area contributed by atoms with Gasteiger partial charge in [0.15, 0.2) is 5.16 Å². The van der Waals surface area contributed by atoms with E-state index >= 15 is 0 Å². The molecule has 1 N–H and O–H groups in total. The van der Waals surface area contributed by atoms with Crippen LogP contribution >= 0.6 is 11.8 Å². The number of sulfonamides is 1. The van der Waals surface area contributed by atoms with E-state index in [-0.39, 0.29) is 16.6 Å². The van der Waals surface area contributed by atoms with Gasteiger partial charge in [-0.2, -0.15) is 4.31 Å². The molecule has 0 bridgehead atoms. The number of carbonyl (C=O) groups is 1. The predicted molar refractivity (Wildman–Crippen MR) is 123 cm³/mol. The van der Waals surface area contributed by atoms with E-state index in [0.717, 1.165) is 23.8 Å². The van der Waals surface area contributed by atoms with Gasteiger partial charge >= 0.3 is 0 Å². The lowest BCUT2D eigenvalue weighted by Gasteiger charge is -2.24. The summed E-state index contributed by atoms with van der Waals surface area (Å²) in [6.07, 6.45) is 5.92. The number of thioether (sulfide) groups is 1. The second-order valence-corrected chi connectivity index (χ2v) is 10.5. The minimum atomic E-state index is -3.57. The van der Waals surface area contributed by atoms with Crippen molar-refractivity contribution in [3.05, 3.63) is 30.1 Å². The van der Waals surface area contributed by atoms with Crippen molar-refractivity contribution in [1.29, 1.82) is 0 Å². The SMILES string of the molecule is CCN(CC)S(=O)(=O)c1cccc(NC(=O)CSc2nnc(C)n2C2CCCCC2)c1. The van der Waals surface area contributed by atoms with Gasteiger partial charge < -0.3 is 9.88 Å². The molecular weight excluding hydrogens is 434 g/mol. The molecule has 170 valence electrons. The Balaban J connectivity index is 1.65. The fourth-order valence-corrected chi connectivity index (χ4v) is 6.34. The third-order valence-corrected chi connectivity index (χ3v) is 8.56. The zero-order chi connectivity index (χ0) is 22.4. The van der Waals surface area contributed by atoms with Crippen molar-refractivity contribution in [1.82, 2.24) is 19.1 Å². The monoisotopic (exact) mass is 465 g/mol. The number of amides is 1. The Labute approximate surface area is 188 Å². The molecule has 1 aromatic heterocycles. The predicted octanol–water partition coefficient (Wildman–Crippen LogP) is 3.85. The fourth-order valence-electron chi connectivity index (χ4n) is 3.98. The van der Waals surface area contributed by atoms with Gasteiger partial charge in [0.05, 0.1) is 10.6 Å². The van der Waals surface area contributed by atoms with E-state index in [9.17, 15) is 13.2 Å². The van der Waals surface area contributed by atoms with Crippen molar-refractivity contribution >= 4 is 33.4 Å². The van der Waals surface area contributed by atoms with Crippen molar-refractivity contribution in [2.24, 2.45) is 0 Å².